The molecule has 0 fully saturated rings. The molecule has 22 heavy (non-hydrogen) atoms. The first kappa shape index (κ1) is 14.8. The minimum atomic E-state index is -4.54. The van der Waals surface area contributed by atoms with E-state index in [1.807, 2.05) is 0 Å². The van der Waals surface area contributed by atoms with Crippen LogP contribution in [0, 0.1) is 0 Å². The van der Waals surface area contributed by atoms with Crippen molar-refractivity contribution in [2.75, 3.05) is 0 Å². The van der Waals surface area contributed by atoms with Crippen LogP contribution in [0.1, 0.15) is 0 Å². The van der Waals surface area contributed by atoms with Crippen LogP contribution in [0.15, 0.2) is 40.1 Å². The largest absolute Gasteiger partial charge is 0.506 e. The van der Waals surface area contributed by atoms with Crippen LogP contribution in [0.25, 0.3) is 21.8 Å². The molecule has 116 valence electrons. The van der Waals surface area contributed by atoms with Crippen molar-refractivity contribution in [3.05, 3.63) is 30.3 Å². The quantitative estimate of drug-likeness (QED) is 0.516. The van der Waals surface area contributed by atoms with Crippen molar-refractivity contribution in [1.29, 1.82) is 0 Å². The van der Waals surface area contributed by atoms with Crippen molar-refractivity contribution in [3.8, 4) is 5.75 Å². The molecule has 0 aliphatic heterocycles. The Bertz CT molecular complexity index is 1130. The van der Waals surface area contributed by atoms with Gasteiger partial charge in [-0.15, -0.1) is 0 Å². The fourth-order valence-corrected chi connectivity index (χ4v) is 3.28. The van der Waals surface area contributed by atoms with Crippen LogP contribution < -0.4 is 0 Å². The van der Waals surface area contributed by atoms with E-state index in [0.29, 0.717) is 5.52 Å². The predicted molar refractivity (Wildman–Crippen MR) is 77.1 cm³/mol. The number of fused-ring (bicyclic) bond motifs is 3. The average Bonchev–Trinajstić information content (AvgIpc) is 2.75. The van der Waals surface area contributed by atoms with E-state index in [0.717, 1.165) is 24.3 Å². The fraction of sp³-hybridized carbons (Fsp3) is 0. The highest BCUT2D eigenvalue weighted by Gasteiger charge is 2.18. The molecule has 0 unspecified atom stereocenters. The first-order chi connectivity index (χ1) is 10.1. The molecule has 8 nitrogen and oxygen atoms in total. The average molecular weight is 343 g/mol. The maximum atomic E-state index is 11.2. The van der Waals surface area contributed by atoms with Gasteiger partial charge in [-0.05, 0) is 24.3 Å². The Kier molecular flexibility index (Phi) is 2.98. The zero-order valence-corrected chi connectivity index (χ0v) is 12.3. The van der Waals surface area contributed by atoms with Crippen molar-refractivity contribution in [2.45, 2.75) is 9.79 Å². The minimum Gasteiger partial charge on any atom is -0.506 e. The zero-order chi connectivity index (χ0) is 16.3. The lowest BCUT2D eigenvalue weighted by atomic mass is 10.1. The van der Waals surface area contributed by atoms with Crippen LogP contribution in [0.2, 0.25) is 0 Å². The van der Waals surface area contributed by atoms with Crippen LogP contribution in [0.3, 0.4) is 0 Å². The van der Waals surface area contributed by atoms with Gasteiger partial charge in [0.2, 0.25) is 0 Å². The fourth-order valence-electron chi connectivity index (χ4n) is 2.24. The normalized spacial score (nSPS) is 13.0. The van der Waals surface area contributed by atoms with Gasteiger partial charge in [0.05, 0.1) is 15.3 Å². The molecule has 0 saturated carbocycles. The highest BCUT2D eigenvalue weighted by molar-refractivity contribution is 7.86. The third-order valence-electron chi connectivity index (χ3n) is 3.23. The number of hydrogen-bond acceptors (Lipinski definition) is 5. The molecule has 0 atom stereocenters. The number of hydrogen-bond donors (Lipinski definition) is 4. The Hall–Kier alpha value is -2.14. The topological polar surface area (TPSA) is 145 Å². The predicted octanol–water partition coefficient (Wildman–Crippen LogP) is 1.52. The van der Waals surface area contributed by atoms with E-state index >= 15 is 0 Å². The molecule has 3 rings (SSSR count). The number of phenolic OH excluding ortho intramolecular Hbond substituents is 1. The standard InChI is InChI=1S/C12H9NO7S2/c14-11-5-7(22(18,19)20)4-9-8-3-6(21(15,16)17)1-2-10(8)13-12(9)11/h1-5,13-14H,(H,15,16,17)(H,18,19,20). The summed E-state index contributed by atoms with van der Waals surface area (Å²) in [4.78, 5) is 1.89. The second-order valence-corrected chi connectivity index (χ2v) is 7.49. The number of nitrogens with one attached hydrogen (secondary N) is 1. The van der Waals surface area contributed by atoms with Gasteiger partial charge in [0.15, 0.2) is 0 Å². The molecule has 2 aromatic carbocycles. The smallest absolute Gasteiger partial charge is 0.294 e. The van der Waals surface area contributed by atoms with E-state index in [-0.39, 0.29) is 21.2 Å². The Morgan fingerprint density at radius 1 is 0.818 bits per heavy atom. The van der Waals surface area contributed by atoms with Crippen LogP contribution in [0.4, 0.5) is 0 Å². The Morgan fingerprint density at radius 3 is 2.00 bits per heavy atom. The van der Waals surface area contributed by atoms with E-state index in [1.54, 1.807) is 0 Å². The van der Waals surface area contributed by atoms with E-state index < -0.39 is 30.9 Å². The molecule has 0 radical (unpaired) electrons. The molecule has 3 aromatic rings. The van der Waals surface area contributed by atoms with Gasteiger partial charge in [0, 0.05) is 22.4 Å². The summed E-state index contributed by atoms with van der Waals surface area (Å²) in [6, 6.07) is 5.63. The molecular formula is C12H9NO7S2. The molecule has 10 heteroatoms. The van der Waals surface area contributed by atoms with Gasteiger partial charge in [-0.3, -0.25) is 9.11 Å². The summed E-state index contributed by atoms with van der Waals surface area (Å²) >= 11 is 0. The van der Waals surface area contributed by atoms with Gasteiger partial charge in [-0.25, -0.2) is 0 Å². The summed E-state index contributed by atoms with van der Waals surface area (Å²) < 4.78 is 63.0. The number of aromatic amines is 1. The lowest BCUT2D eigenvalue weighted by molar-refractivity contribution is 0.470. The highest BCUT2D eigenvalue weighted by atomic mass is 32.2. The van der Waals surface area contributed by atoms with Crippen LogP contribution in [-0.2, 0) is 20.2 Å². The van der Waals surface area contributed by atoms with Crippen molar-refractivity contribution in [1.82, 2.24) is 4.98 Å². The van der Waals surface area contributed by atoms with Gasteiger partial charge >= 0.3 is 0 Å². The zero-order valence-electron chi connectivity index (χ0n) is 10.7. The molecule has 0 amide bonds. The number of aromatic nitrogens is 1. The van der Waals surface area contributed by atoms with Crippen LogP contribution in [0.5, 0.6) is 5.75 Å². The first-order valence-electron chi connectivity index (χ1n) is 5.81. The highest BCUT2D eigenvalue weighted by Crippen LogP contribution is 2.34. The van der Waals surface area contributed by atoms with Crippen molar-refractivity contribution in [2.24, 2.45) is 0 Å². The first-order valence-corrected chi connectivity index (χ1v) is 8.69. The SMILES string of the molecule is O=S(=O)(O)c1ccc2[nH]c3c(O)cc(S(=O)(=O)O)cc3c2c1. The maximum absolute atomic E-state index is 11.2. The second-order valence-electron chi connectivity index (χ2n) is 4.65. The Morgan fingerprint density at radius 2 is 1.41 bits per heavy atom. The van der Waals surface area contributed by atoms with Crippen LogP contribution >= 0.6 is 0 Å². The molecule has 0 spiro atoms. The molecule has 0 saturated heterocycles. The van der Waals surface area contributed by atoms with E-state index in [2.05, 4.69) is 4.98 Å². The van der Waals surface area contributed by atoms with Crippen molar-refractivity contribution in [3.63, 3.8) is 0 Å². The number of aromatic hydroxyl groups is 1. The van der Waals surface area contributed by atoms with E-state index in [4.69, 9.17) is 9.11 Å². The van der Waals surface area contributed by atoms with Gasteiger partial charge in [0.25, 0.3) is 20.2 Å². The number of benzene rings is 2. The summed E-state index contributed by atoms with van der Waals surface area (Å²) in [5, 5.41) is 10.3. The minimum absolute atomic E-state index is 0.176. The van der Waals surface area contributed by atoms with Crippen LogP contribution in [-0.4, -0.2) is 36.0 Å². The number of rotatable bonds is 2. The lowest BCUT2D eigenvalue weighted by Gasteiger charge is -2.01. The molecule has 1 heterocycles. The van der Waals surface area contributed by atoms with Gasteiger partial charge in [-0.2, -0.15) is 16.8 Å². The maximum Gasteiger partial charge on any atom is 0.294 e. The molecular weight excluding hydrogens is 334 g/mol. The summed E-state index contributed by atoms with van der Waals surface area (Å²) in [5.41, 5.74) is 0.597. The molecule has 4 N–H and O–H groups in total. The molecule has 0 aliphatic rings. The second kappa shape index (κ2) is 4.43. The molecule has 0 aliphatic carbocycles. The number of phenols is 1. The molecule has 0 bridgehead atoms. The van der Waals surface area contributed by atoms with E-state index in [9.17, 15) is 21.9 Å². The van der Waals surface area contributed by atoms with Crippen molar-refractivity contribution < 1.29 is 31.0 Å². The lowest BCUT2D eigenvalue weighted by Crippen LogP contribution is -1.98. The Labute approximate surface area is 124 Å². The summed E-state index contributed by atoms with van der Waals surface area (Å²) in [6.07, 6.45) is 0. The third-order valence-corrected chi connectivity index (χ3v) is 4.91. The van der Waals surface area contributed by atoms with Crippen molar-refractivity contribution >= 4 is 42.0 Å². The summed E-state index contributed by atoms with van der Waals surface area (Å²) in [6.45, 7) is 0. The summed E-state index contributed by atoms with van der Waals surface area (Å²) in [7, 11) is -8.98. The summed E-state index contributed by atoms with van der Waals surface area (Å²) in [5.74, 6) is -0.422. The van der Waals surface area contributed by atoms with Gasteiger partial charge < -0.3 is 10.1 Å². The molecule has 1 aromatic heterocycles. The van der Waals surface area contributed by atoms with E-state index in [1.165, 1.54) is 6.07 Å². The van der Waals surface area contributed by atoms with Gasteiger partial charge in [0.1, 0.15) is 5.75 Å². The number of H-pyrrole nitrogens is 1. The van der Waals surface area contributed by atoms with Gasteiger partial charge in [-0.1, -0.05) is 0 Å². The third kappa shape index (κ3) is 2.31. The monoisotopic (exact) mass is 343 g/mol. The Balaban J connectivity index is 2.48.